The van der Waals surface area contributed by atoms with Crippen LogP contribution < -0.4 is 5.32 Å². The molecule has 2 amide bonds. The van der Waals surface area contributed by atoms with E-state index in [0.717, 1.165) is 4.90 Å². The van der Waals surface area contributed by atoms with Crippen molar-refractivity contribution in [3.8, 4) is 6.07 Å². The Balaban J connectivity index is 2.09. The van der Waals surface area contributed by atoms with Crippen molar-refractivity contribution in [1.82, 2.24) is 10.2 Å². The van der Waals surface area contributed by atoms with E-state index in [1.54, 1.807) is 38.1 Å². The van der Waals surface area contributed by atoms with E-state index in [1.807, 2.05) is 6.07 Å². The minimum atomic E-state index is -1.56. The van der Waals surface area contributed by atoms with E-state index < -0.39 is 53.6 Å². The summed E-state index contributed by atoms with van der Waals surface area (Å²) in [6, 6.07) is 6.69. The zero-order chi connectivity index (χ0) is 24.5. The van der Waals surface area contributed by atoms with Crippen molar-refractivity contribution >= 4 is 34.9 Å². The quantitative estimate of drug-likeness (QED) is 0.266. The van der Waals surface area contributed by atoms with Crippen LogP contribution in [0.25, 0.3) is 0 Å². The summed E-state index contributed by atoms with van der Waals surface area (Å²) in [7, 11) is 0. The number of β-lactam (4-membered cyclic amide) rings is 1. The number of benzene rings is 1. The third kappa shape index (κ3) is 7.34. The molecule has 3 atom stereocenters. The molecule has 0 spiro atoms. The van der Waals surface area contributed by atoms with Gasteiger partial charge in [-0.1, -0.05) is 12.1 Å². The van der Waals surface area contributed by atoms with Crippen molar-refractivity contribution in [1.29, 1.82) is 5.26 Å². The van der Waals surface area contributed by atoms with Gasteiger partial charge in [-0.25, -0.2) is 0 Å². The number of esters is 1. The second-order valence-corrected chi connectivity index (χ2v) is 8.75. The van der Waals surface area contributed by atoms with Gasteiger partial charge in [-0.3, -0.25) is 19.2 Å². The van der Waals surface area contributed by atoms with E-state index in [1.165, 1.54) is 5.41 Å². The molecule has 33 heavy (non-hydrogen) atoms. The summed E-state index contributed by atoms with van der Waals surface area (Å²) in [4.78, 5) is 48.7. The Kier molecular flexibility index (Phi) is 9.44. The van der Waals surface area contributed by atoms with E-state index in [0.29, 0.717) is 16.7 Å². The molecule has 1 fully saturated rings. The number of carboxylic acids is 1. The molecule has 1 aliphatic rings. The normalized spacial score (nSPS) is 18.7. The Hall–Kier alpha value is -3.36. The molecular weight excluding hydrogens is 450 g/mol. The van der Waals surface area contributed by atoms with Crippen LogP contribution in [0.1, 0.15) is 31.4 Å². The molecule has 0 bridgehead atoms. The predicted octanol–water partition coefficient (Wildman–Crippen LogP) is 0.487. The molecule has 3 unspecified atom stereocenters. The Morgan fingerprint density at radius 1 is 1.39 bits per heavy atom. The third-order valence-electron chi connectivity index (χ3n) is 4.84. The van der Waals surface area contributed by atoms with Crippen LogP contribution in [0.15, 0.2) is 35.2 Å². The van der Waals surface area contributed by atoms with Crippen molar-refractivity contribution < 1.29 is 33.6 Å². The number of carboxylic acid groups (broad SMARTS) is 1. The van der Waals surface area contributed by atoms with E-state index in [4.69, 9.17) is 15.1 Å². The third-order valence-corrected chi connectivity index (χ3v) is 6.08. The number of ether oxygens (including phenoxy) is 1. The highest BCUT2D eigenvalue weighted by Gasteiger charge is 2.50. The molecule has 0 aromatic heterocycles. The number of nitrogens with zero attached hydrogens (tertiary/aromatic N) is 2. The molecule has 0 aliphatic carbocycles. The van der Waals surface area contributed by atoms with Crippen LogP contribution in [0, 0.1) is 11.3 Å². The summed E-state index contributed by atoms with van der Waals surface area (Å²) in [5.74, 6) is -2.72. The van der Waals surface area contributed by atoms with Gasteiger partial charge in [0.1, 0.15) is 23.7 Å². The molecule has 1 aliphatic heterocycles. The first-order chi connectivity index (χ1) is 15.7. The highest BCUT2D eigenvalue weighted by Crippen LogP contribution is 2.27. The molecule has 1 heterocycles. The number of likely N-dealkylation sites (tertiary alicyclic amines) is 1. The number of carbonyl (C=O) groups excluding carboxylic acids is 3. The van der Waals surface area contributed by atoms with Crippen molar-refractivity contribution in [2.75, 3.05) is 18.9 Å². The van der Waals surface area contributed by atoms with Crippen molar-refractivity contribution in [2.24, 2.45) is 0 Å². The fourth-order valence-electron chi connectivity index (χ4n) is 3.43. The van der Waals surface area contributed by atoms with Gasteiger partial charge in [-0.2, -0.15) is 5.26 Å². The number of carbonyl (C=O) groups is 4. The van der Waals surface area contributed by atoms with E-state index in [9.17, 15) is 23.7 Å². The van der Waals surface area contributed by atoms with Gasteiger partial charge in [0.2, 0.25) is 11.8 Å². The SMILES string of the molecule is CCOC(=O)CC[S+]([O-])C=C(C)C1C(NC(=O)Cc2cccc(C#N)c2)C(=O)N1CC(=O)O. The van der Waals surface area contributed by atoms with Crippen molar-refractivity contribution in [2.45, 2.75) is 38.8 Å². The molecule has 0 saturated carbocycles. The van der Waals surface area contributed by atoms with Crippen LogP contribution >= 0.6 is 0 Å². The predicted molar refractivity (Wildman–Crippen MR) is 118 cm³/mol. The van der Waals surface area contributed by atoms with Crippen LogP contribution in [-0.4, -0.2) is 69.3 Å². The van der Waals surface area contributed by atoms with Gasteiger partial charge >= 0.3 is 11.9 Å². The molecule has 1 aromatic carbocycles. The lowest BCUT2D eigenvalue weighted by atomic mass is 9.89. The Bertz CT molecular complexity index is 988. The van der Waals surface area contributed by atoms with Gasteiger partial charge in [0.25, 0.3) is 0 Å². The fraction of sp³-hybridized carbons (Fsp3) is 0.409. The van der Waals surface area contributed by atoms with Gasteiger partial charge in [0.05, 0.1) is 37.1 Å². The number of amides is 2. The number of aliphatic carboxylic acids is 1. The fourth-order valence-corrected chi connectivity index (χ4v) is 4.47. The monoisotopic (exact) mass is 475 g/mol. The molecule has 1 aromatic rings. The molecule has 10 nitrogen and oxygen atoms in total. The van der Waals surface area contributed by atoms with Gasteiger partial charge in [-0.15, -0.1) is 0 Å². The van der Waals surface area contributed by atoms with Gasteiger partial charge < -0.3 is 24.6 Å². The van der Waals surface area contributed by atoms with Crippen LogP contribution in [0.3, 0.4) is 0 Å². The second kappa shape index (κ2) is 12.0. The average molecular weight is 476 g/mol. The second-order valence-electron chi connectivity index (χ2n) is 7.34. The number of hydrogen-bond acceptors (Lipinski definition) is 7. The van der Waals surface area contributed by atoms with E-state index in [-0.39, 0.29) is 25.2 Å². The summed E-state index contributed by atoms with van der Waals surface area (Å²) in [5.41, 5.74) is 1.43. The maximum atomic E-state index is 12.5. The first-order valence-electron chi connectivity index (χ1n) is 10.2. The lowest BCUT2D eigenvalue weighted by Gasteiger charge is -2.46. The molecule has 0 radical (unpaired) electrons. The number of nitrogens with one attached hydrogen (secondary N) is 1. The lowest BCUT2D eigenvalue weighted by molar-refractivity contribution is -0.157. The first-order valence-corrected chi connectivity index (χ1v) is 11.6. The highest BCUT2D eigenvalue weighted by atomic mass is 32.2. The smallest absolute Gasteiger partial charge is 0.323 e. The largest absolute Gasteiger partial charge is 0.612 e. The van der Waals surface area contributed by atoms with E-state index >= 15 is 0 Å². The number of hydrogen-bond donors (Lipinski definition) is 2. The van der Waals surface area contributed by atoms with Crippen LogP contribution in [0.2, 0.25) is 0 Å². The molecule has 176 valence electrons. The standard InChI is InChI=1S/C22H25N3O7S/c1-3-32-19(29)7-8-33(31)13-14(2)21-20(22(30)25(21)12-18(27)28)24-17(26)10-15-5-4-6-16(9-15)11-23/h4-6,9,13,20-21H,3,7-8,10,12H2,1-2H3,(H,24,26)(H,27,28). The van der Waals surface area contributed by atoms with Crippen LogP contribution in [-0.2, 0) is 41.5 Å². The zero-order valence-electron chi connectivity index (χ0n) is 18.3. The molecule has 11 heteroatoms. The summed E-state index contributed by atoms with van der Waals surface area (Å²) < 4.78 is 17.1. The highest BCUT2D eigenvalue weighted by molar-refractivity contribution is 7.94. The van der Waals surface area contributed by atoms with E-state index in [2.05, 4.69) is 5.32 Å². The van der Waals surface area contributed by atoms with Crippen LogP contribution in [0.5, 0.6) is 0 Å². The minimum Gasteiger partial charge on any atom is -0.612 e. The lowest BCUT2D eigenvalue weighted by Crippen LogP contribution is -2.71. The number of rotatable bonds is 11. The summed E-state index contributed by atoms with van der Waals surface area (Å²) >= 11 is -1.56. The maximum Gasteiger partial charge on any atom is 0.323 e. The van der Waals surface area contributed by atoms with Gasteiger partial charge in [0, 0.05) is 0 Å². The first kappa shape index (κ1) is 25.9. The number of nitriles is 1. The van der Waals surface area contributed by atoms with Crippen molar-refractivity contribution in [3.63, 3.8) is 0 Å². The summed E-state index contributed by atoms with van der Waals surface area (Å²) in [5, 5.41) is 22.1. The average Bonchev–Trinajstić information content (AvgIpc) is 2.76. The van der Waals surface area contributed by atoms with Gasteiger partial charge in [0.15, 0.2) is 0 Å². The summed E-state index contributed by atoms with van der Waals surface area (Å²) in [6.07, 6.45) is -0.117. The van der Waals surface area contributed by atoms with Crippen LogP contribution in [0.4, 0.5) is 0 Å². The molecule has 1 saturated heterocycles. The topological polar surface area (TPSA) is 160 Å². The molecular formula is C22H25N3O7S. The summed E-state index contributed by atoms with van der Waals surface area (Å²) in [6.45, 7) is 2.90. The minimum absolute atomic E-state index is 0.0159. The van der Waals surface area contributed by atoms with Gasteiger partial charge in [-0.05, 0) is 48.3 Å². The van der Waals surface area contributed by atoms with Crippen molar-refractivity contribution in [3.05, 3.63) is 46.4 Å². The molecule has 2 rings (SSSR count). The molecule has 2 N–H and O–H groups in total. The zero-order valence-corrected chi connectivity index (χ0v) is 19.1. The Morgan fingerprint density at radius 3 is 2.76 bits per heavy atom. The Labute approximate surface area is 194 Å². The maximum absolute atomic E-state index is 12.5. The Morgan fingerprint density at radius 2 is 2.12 bits per heavy atom.